The molecule has 1 atom stereocenters. The number of aliphatic hydroxyl groups excluding tert-OH is 1. The average Bonchev–Trinajstić information content (AvgIpc) is 3.10. The van der Waals surface area contributed by atoms with Crippen LogP contribution in [0.3, 0.4) is 0 Å². The number of nitrogens with zero attached hydrogens (tertiary/aromatic N) is 2. The van der Waals surface area contributed by atoms with Crippen molar-refractivity contribution in [3.8, 4) is 23.0 Å². The number of likely N-dealkylation sites (tertiary alicyclic amines) is 1. The maximum absolute atomic E-state index is 13.2. The molecule has 0 aliphatic carbocycles. The number of aliphatic hydroxyl groups is 1. The van der Waals surface area contributed by atoms with E-state index in [1.165, 1.54) is 45.3 Å². The molecule has 0 spiro atoms. The first-order valence-corrected chi connectivity index (χ1v) is 11.1. The van der Waals surface area contributed by atoms with Gasteiger partial charge in [-0.1, -0.05) is 6.07 Å². The number of amides is 1. The van der Waals surface area contributed by atoms with Gasteiger partial charge in [0.2, 0.25) is 0 Å². The summed E-state index contributed by atoms with van der Waals surface area (Å²) in [5.74, 6) is -1.26. The number of Topliss-reactive ketones (excluding diaryl/α,β-unsaturated/α-hetero) is 1. The molecule has 1 amide bonds. The first kappa shape index (κ1) is 26.6. The Labute approximate surface area is 209 Å². The molecule has 0 bridgehead atoms. The quantitative estimate of drug-likeness (QED) is 0.183. The fourth-order valence-electron chi connectivity index (χ4n) is 4.00. The van der Waals surface area contributed by atoms with Crippen LogP contribution >= 0.6 is 0 Å². The van der Waals surface area contributed by atoms with E-state index in [0.29, 0.717) is 29.4 Å². The Balaban J connectivity index is 2.22. The van der Waals surface area contributed by atoms with E-state index < -0.39 is 23.7 Å². The highest BCUT2D eigenvalue weighted by atomic mass is 16.6. The molecule has 36 heavy (non-hydrogen) atoms. The van der Waals surface area contributed by atoms with Gasteiger partial charge in [-0.05, 0) is 50.0 Å². The van der Waals surface area contributed by atoms with Gasteiger partial charge in [-0.2, -0.15) is 0 Å². The smallest absolute Gasteiger partial charge is 0.308 e. The lowest BCUT2D eigenvalue weighted by Gasteiger charge is -2.27. The molecule has 1 fully saturated rings. The van der Waals surface area contributed by atoms with Crippen LogP contribution in [0.5, 0.6) is 23.0 Å². The summed E-state index contributed by atoms with van der Waals surface area (Å²) in [6, 6.07) is 8.52. The van der Waals surface area contributed by atoms with E-state index >= 15 is 0 Å². The van der Waals surface area contributed by atoms with Crippen LogP contribution in [0, 0.1) is 0 Å². The lowest BCUT2D eigenvalue weighted by molar-refractivity contribution is -0.140. The van der Waals surface area contributed by atoms with E-state index in [-0.39, 0.29) is 29.2 Å². The normalized spacial score (nSPS) is 16.9. The van der Waals surface area contributed by atoms with Gasteiger partial charge in [0, 0.05) is 25.6 Å². The molecule has 1 N–H and O–H groups in total. The van der Waals surface area contributed by atoms with Crippen LogP contribution in [-0.4, -0.2) is 81.1 Å². The zero-order valence-electron chi connectivity index (χ0n) is 21.2. The summed E-state index contributed by atoms with van der Waals surface area (Å²) in [5, 5.41) is 11.3. The van der Waals surface area contributed by atoms with E-state index in [1.807, 2.05) is 19.0 Å². The third kappa shape index (κ3) is 5.28. The van der Waals surface area contributed by atoms with Gasteiger partial charge in [0.05, 0.1) is 32.9 Å². The van der Waals surface area contributed by atoms with Crippen LogP contribution < -0.4 is 18.9 Å². The van der Waals surface area contributed by atoms with Gasteiger partial charge in [-0.3, -0.25) is 14.4 Å². The van der Waals surface area contributed by atoms with Crippen molar-refractivity contribution in [3.63, 3.8) is 0 Å². The first-order valence-electron chi connectivity index (χ1n) is 11.1. The number of carbonyl (C=O) groups is 3. The second-order valence-electron chi connectivity index (χ2n) is 8.37. The average molecular weight is 499 g/mol. The van der Waals surface area contributed by atoms with Crippen LogP contribution in [0.4, 0.5) is 0 Å². The Morgan fingerprint density at radius 3 is 2.14 bits per heavy atom. The molecular formula is C26H30N2O8. The minimum absolute atomic E-state index is 0.0927. The highest BCUT2D eigenvalue weighted by Gasteiger charge is 2.46. The molecule has 192 valence electrons. The Morgan fingerprint density at radius 1 is 0.944 bits per heavy atom. The summed E-state index contributed by atoms with van der Waals surface area (Å²) in [7, 11) is 8.07. The Kier molecular flexibility index (Phi) is 8.21. The largest absolute Gasteiger partial charge is 0.507 e. The van der Waals surface area contributed by atoms with Crippen molar-refractivity contribution in [2.45, 2.75) is 13.0 Å². The molecule has 1 aliphatic rings. The number of ether oxygens (including phenoxy) is 4. The summed E-state index contributed by atoms with van der Waals surface area (Å²) < 4.78 is 21.2. The van der Waals surface area contributed by atoms with Crippen molar-refractivity contribution in [2.75, 3.05) is 48.5 Å². The first-order chi connectivity index (χ1) is 17.1. The number of rotatable bonds is 9. The second-order valence-corrected chi connectivity index (χ2v) is 8.37. The molecule has 0 saturated carbocycles. The van der Waals surface area contributed by atoms with Crippen molar-refractivity contribution in [1.82, 2.24) is 9.80 Å². The highest BCUT2D eigenvalue weighted by molar-refractivity contribution is 6.46. The van der Waals surface area contributed by atoms with Gasteiger partial charge in [0.15, 0.2) is 23.0 Å². The third-order valence-corrected chi connectivity index (χ3v) is 5.74. The number of esters is 1. The zero-order valence-corrected chi connectivity index (χ0v) is 21.2. The molecular weight excluding hydrogens is 468 g/mol. The summed E-state index contributed by atoms with van der Waals surface area (Å²) in [4.78, 5) is 41.3. The van der Waals surface area contributed by atoms with Crippen molar-refractivity contribution >= 4 is 23.4 Å². The van der Waals surface area contributed by atoms with Gasteiger partial charge < -0.3 is 33.9 Å². The summed E-state index contributed by atoms with van der Waals surface area (Å²) >= 11 is 0. The predicted molar refractivity (Wildman–Crippen MR) is 131 cm³/mol. The molecule has 10 nitrogen and oxygen atoms in total. The van der Waals surface area contributed by atoms with Crippen LogP contribution in [0.25, 0.3) is 5.76 Å². The molecule has 1 unspecified atom stereocenters. The molecule has 1 aliphatic heterocycles. The SMILES string of the molecule is COc1ccc(/C(O)=C2/C(=O)C(=O)N(CCN(C)C)C2c2ccc(OC)c(OC(C)=O)c2)cc1OC. The number of hydrogen-bond acceptors (Lipinski definition) is 9. The topological polar surface area (TPSA) is 115 Å². The number of ketones is 1. The highest BCUT2D eigenvalue weighted by Crippen LogP contribution is 2.42. The van der Waals surface area contributed by atoms with E-state index in [2.05, 4.69) is 0 Å². The summed E-state index contributed by atoms with van der Waals surface area (Å²) in [6.07, 6.45) is 0. The van der Waals surface area contributed by atoms with Crippen molar-refractivity contribution in [1.29, 1.82) is 0 Å². The second kappa shape index (κ2) is 11.1. The summed E-state index contributed by atoms with van der Waals surface area (Å²) in [5.41, 5.74) is 0.647. The van der Waals surface area contributed by atoms with Crippen molar-refractivity contribution in [3.05, 3.63) is 53.1 Å². The number of hydrogen-bond donors (Lipinski definition) is 1. The number of likely N-dealkylation sites (N-methyl/N-ethyl adjacent to an activating group) is 1. The van der Waals surface area contributed by atoms with Crippen LogP contribution in [0.2, 0.25) is 0 Å². The zero-order chi connectivity index (χ0) is 26.6. The Bertz CT molecular complexity index is 1200. The number of methoxy groups -OCH3 is 3. The number of carbonyl (C=O) groups excluding carboxylic acids is 3. The van der Waals surface area contributed by atoms with Crippen LogP contribution in [0.1, 0.15) is 24.1 Å². The molecule has 3 rings (SSSR count). The molecule has 1 saturated heterocycles. The van der Waals surface area contributed by atoms with E-state index in [9.17, 15) is 19.5 Å². The van der Waals surface area contributed by atoms with Crippen molar-refractivity contribution < 1.29 is 38.4 Å². The van der Waals surface area contributed by atoms with E-state index in [0.717, 1.165) is 0 Å². The molecule has 0 aromatic heterocycles. The van der Waals surface area contributed by atoms with E-state index in [1.54, 1.807) is 24.3 Å². The van der Waals surface area contributed by atoms with Crippen LogP contribution in [-0.2, 0) is 14.4 Å². The minimum Gasteiger partial charge on any atom is -0.507 e. The van der Waals surface area contributed by atoms with Gasteiger partial charge in [-0.25, -0.2) is 0 Å². The molecule has 10 heteroatoms. The van der Waals surface area contributed by atoms with E-state index in [4.69, 9.17) is 18.9 Å². The Hall–Kier alpha value is -4.05. The molecule has 1 heterocycles. The lowest BCUT2D eigenvalue weighted by Crippen LogP contribution is -2.35. The molecule has 2 aromatic rings. The maximum Gasteiger partial charge on any atom is 0.308 e. The monoisotopic (exact) mass is 498 g/mol. The molecule has 0 radical (unpaired) electrons. The summed E-state index contributed by atoms with van der Waals surface area (Å²) in [6.45, 7) is 1.96. The fourth-order valence-corrected chi connectivity index (χ4v) is 4.00. The lowest BCUT2D eigenvalue weighted by atomic mass is 9.94. The van der Waals surface area contributed by atoms with Gasteiger partial charge >= 0.3 is 5.97 Å². The molecule has 2 aromatic carbocycles. The van der Waals surface area contributed by atoms with Crippen molar-refractivity contribution in [2.24, 2.45) is 0 Å². The minimum atomic E-state index is -0.932. The van der Waals surface area contributed by atoms with Gasteiger partial charge in [-0.15, -0.1) is 0 Å². The number of benzene rings is 2. The van der Waals surface area contributed by atoms with Gasteiger partial charge in [0.1, 0.15) is 5.76 Å². The Morgan fingerprint density at radius 2 is 1.56 bits per heavy atom. The third-order valence-electron chi connectivity index (χ3n) is 5.74. The predicted octanol–water partition coefficient (Wildman–Crippen LogP) is 2.62. The fraction of sp³-hybridized carbons (Fsp3) is 0.346. The standard InChI is InChI=1S/C26H30N2O8/c1-15(29)36-21-13-16(7-9-19(21)34-5)23-22(25(31)26(32)28(23)12-11-27(2)3)24(30)17-8-10-18(33-4)20(14-17)35-6/h7-10,13-14,23,30H,11-12H2,1-6H3/b24-22-. The maximum atomic E-state index is 13.2. The van der Waals surface area contributed by atoms with Gasteiger partial charge in [0.25, 0.3) is 11.7 Å². The van der Waals surface area contributed by atoms with Crippen LogP contribution in [0.15, 0.2) is 42.0 Å².